The van der Waals surface area contributed by atoms with Gasteiger partial charge >= 0.3 is 5.97 Å². The summed E-state index contributed by atoms with van der Waals surface area (Å²) in [6.45, 7) is 7.38. The number of carboxylic acids is 1. The molecular formula is C33H35NO4. The lowest BCUT2D eigenvalue weighted by Gasteiger charge is -2.15. The smallest absolute Gasteiger partial charge is 0.303 e. The lowest BCUT2D eigenvalue weighted by atomic mass is 9.94. The average Bonchev–Trinajstić information content (AvgIpc) is 2.89. The van der Waals surface area contributed by atoms with Gasteiger partial charge in [-0.3, -0.25) is 9.78 Å². The summed E-state index contributed by atoms with van der Waals surface area (Å²) in [5, 5.41) is 8.85. The Morgan fingerprint density at radius 1 is 0.789 bits per heavy atom. The molecule has 1 N–H and O–H groups in total. The van der Waals surface area contributed by atoms with E-state index in [1.807, 2.05) is 37.3 Å². The number of hydrogen-bond donors (Lipinski definition) is 1. The number of carboxylic acid groups (broad SMARTS) is 1. The molecule has 5 heteroatoms. The molecule has 0 radical (unpaired) electrons. The molecule has 4 rings (SSSR count). The number of rotatable bonds is 12. The third-order valence-corrected chi connectivity index (χ3v) is 6.47. The molecule has 1 aromatic heterocycles. The van der Waals surface area contributed by atoms with Crippen LogP contribution < -0.4 is 9.47 Å². The third-order valence-electron chi connectivity index (χ3n) is 6.47. The van der Waals surface area contributed by atoms with Crippen LogP contribution in [0.1, 0.15) is 46.5 Å². The minimum Gasteiger partial charge on any atom is -0.494 e. The van der Waals surface area contributed by atoms with E-state index >= 15 is 0 Å². The standard InChI is InChI=1S/C33H35NO4/c1-23-19-31(37-18-6-11-29-10-4-7-25(3)34-29)20-24(2)33(23)28-9-5-8-27(21-28)22-38-30-15-12-26(13-16-30)14-17-32(35)36/h4-5,7-10,12-13,15-16,19-21H,6,11,14,17-18,22H2,1-3H3,(H,35,36). The number of hydrogen-bond acceptors (Lipinski definition) is 4. The molecule has 0 aliphatic rings. The van der Waals surface area contributed by atoms with Crippen LogP contribution in [0.3, 0.4) is 0 Å². The molecule has 0 bridgehead atoms. The summed E-state index contributed by atoms with van der Waals surface area (Å²) in [5.41, 5.74) is 8.95. The van der Waals surface area contributed by atoms with Gasteiger partial charge in [-0.2, -0.15) is 0 Å². The van der Waals surface area contributed by atoms with Crippen molar-refractivity contribution in [3.8, 4) is 22.6 Å². The van der Waals surface area contributed by atoms with Gasteiger partial charge in [-0.05, 0) is 116 Å². The molecule has 3 aromatic carbocycles. The molecule has 0 amide bonds. The highest BCUT2D eigenvalue weighted by Gasteiger charge is 2.10. The normalized spacial score (nSPS) is 10.8. The molecule has 0 atom stereocenters. The molecule has 0 saturated heterocycles. The molecule has 0 unspecified atom stereocenters. The van der Waals surface area contributed by atoms with Crippen molar-refractivity contribution in [1.29, 1.82) is 0 Å². The van der Waals surface area contributed by atoms with E-state index in [1.54, 1.807) is 0 Å². The van der Waals surface area contributed by atoms with E-state index in [0.717, 1.165) is 52.4 Å². The van der Waals surface area contributed by atoms with Gasteiger partial charge in [-0.1, -0.05) is 36.4 Å². The minimum atomic E-state index is -0.787. The summed E-state index contributed by atoms with van der Waals surface area (Å²) in [5.74, 6) is 0.873. The quantitative estimate of drug-likeness (QED) is 0.203. The summed E-state index contributed by atoms with van der Waals surface area (Å²) in [4.78, 5) is 15.3. The molecule has 5 nitrogen and oxygen atoms in total. The molecule has 0 saturated carbocycles. The van der Waals surface area contributed by atoms with Crippen molar-refractivity contribution in [2.75, 3.05) is 6.61 Å². The zero-order valence-electron chi connectivity index (χ0n) is 22.4. The van der Waals surface area contributed by atoms with Crippen LogP contribution in [-0.2, 0) is 24.2 Å². The van der Waals surface area contributed by atoms with Gasteiger partial charge < -0.3 is 14.6 Å². The highest BCUT2D eigenvalue weighted by atomic mass is 16.5. The number of benzene rings is 3. The molecule has 0 fully saturated rings. The van der Waals surface area contributed by atoms with E-state index in [4.69, 9.17) is 14.6 Å². The Balaban J connectivity index is 1.35. The first-order chi connectivity index (χ1) is 18.4. The Labute approximate surface area is 225 Å². The van der Waals surface area contributed by atoms with E-state index in [-0.39, 0.29) is 6.42 Å². The zero-order valence-corrected chi connectivity index (χ0v) is 22.4. The van der Waals surface area contributed by atoms with E-state index < -0.39 is 5.97 Å². The summed E-state index contributed by atoms with van der Waals surface area (Å²) < 4.78 is 12.1. The zero-order chi connectivity index (χ0) is 26.9. The molecule has 0 spiro atoms. The maximum Gasteiger partial charge on any atom is 0.303 e. The van der Waals surface area contributed by atoms with Crippen molar-refractivity contribution in [2.24, 2.45) is 0 Å². The summed E-state index contributed by atoms with van der Waals surface area (Å²) in [7, 11) is 0. The average molecular weight is 510 g/mol. The molecule has 1 heterocycles. The summed E-state index contributed by atoms with van der Waals surface area (Å²) in [6.07, 6.45) is 2.47. The molecular weight excluding hydrogens is 474 g/mol. The van der Waals surface area contributed by atoms with Crippen molar-refractivity contribution >= 4 is 5.97 Å². The monoisotopic (exact) mass is 509 g/mol. The number of carbonyl (C=O) groups is 1. The fraction of sp³-hybridized carbons (Fsp3) is 0.273. The maximum absolute atomic E-state index is 10.8. The van der Waals surface area contributed by atoms with Crippen LogP contribution in [0.5, 0.6) is 11.5 Å². The van der Waals surface area contributed by atoms with Crippen molar-refractivity contribution in [3.63, 3.8) is 0 Å². The fourth-order valence-electron chi connectivity index (χ4n) is 4.63. The first-order valence-corrected chi connectivity index (χ1v) is 13.1. The van der Waals surface area contributed by atoms with Gasteiger partial charge in [-0.25, -0.2) is 0 Å². The number of nitrogens with zero attached hydrogens (tertiary/aromatic N) is 1. The SMILES string of the molecule is Cc1cccc(CCCOc2cc(C)c(-c3cccc(COc4ccc(CCC(=O)O)cc4)c3)c(C)c2)n1. The van der Waals surface area contributed by atoms with Crippen LogP contribution in [0.25, 0.3) is 11.1 Å². The van der Waals surface area contributed by atoms with E-state index in [2.05, 4.69) is 67.4 Å². The largest absolute Gasteiger partial charge is 0.494 e. The van der Waals surface area contributed by atoms with Gasteiger partial charge in [0, 0.05) is 17.8 Å². The second kappa shape index (κ2) is 12.9. The van der Waals surface area contributed by atoms with E-state index in [9.17, 15) is 4.79 Å². The van der Waals surface area contributed by atoms with Crippen LogP contribution in [0.4, 0.5) is 0 Å². The van der Waals surface area contributed by atoms with Crippen molar-refractivity contribution in [2.45, 2.75) is 53.1 Å². The van der Waals surface area contributed by atoms with E-state index in [0.29, 0.717) is 19.6 Å². The first-order valence-electron chi connectivity index (χ1n) is 13.1. The van der Waals surface area contributed by atoms with Gasteiger partial charge in [0.1, 0.15) is 18.1 Å². The number of aryl methyl sites for hydroxylation is 5. The Hall–Kier alpha value is -4.12. The topological polar surface area (TPSA) is 68.7 Å². The van der Waals surface area contributed by atoms with Crippen molar-refractivity contribution in [3.05, 3.63) is 113 Å². The molecule has 0 aliphatic heterocycles. The Kier molecular flexibility index (Phi) is 9.15. The van der Waals surface area contributed by atoms with E-state index in [1.165, 1.54) is 16.7 Å². The van der Waals surface area contributed by atoms with Gasteiger partial charge in [0.2, 0.25) is 0 Å². The molecule has 0 aliphatic carbocycles. The number of aromatic nitrogens is 1. The van der Waals surface area contributed by atoms with Crippen LogP contribution in [0.15, 0.2) is 78.9 Å². The lowest BCUT2D eigenvalue weighted by molar-refractivity contribution is -0.136. The van der Waals surface area contributed by atoms with Crippen LogP contribution in [-0.4, -0.2) is 22.7 Å². The predicted molar refractivity (Wildman–Crippen MR) is 151 cm³/mol. The van der Waals surface area contributed by atoms with Gasteiger partial charge in [0.05, 0.1) is 6.61 Å². The van der Waals surface area contributed by atoms with Gasteiger partial charge in [-0.15, -0.1) is 0 Å². The lowest BCUT2D eigenvalue weighted by Crippen LogP contribution is -2.02. The summed E-state index contributed by atoms with van der Waals surface area (Å²) >= 11 is 0. The van der Waals surface area contributed by atoms with Gasteiger partial charge in [0.15, 0.2) is 0 Å². The van der Waals surface area contributed by atoms with Crippen molar-refractivity contribution in [1.82, 2.24) is 4.98 Å². The van der Waals surface area contributed by atoms with Crippen LogP contribution in [0, 0.1) is 20.8 Å². The third kappa shape index (κ3) is 7.69. The van der Waals surface area contributed by atoms with Crippen LogP contribution >= 0.6 is 0 Å². The maximum atomic E-state index is 10.8. The molecule has 38 heavy (non-hydrogen) atoms. The Morgan fingerprint density at radius 3 is 2.24 bits per heavy atom. The minimum absolute atomic E-state index is 0.130. The highest BCUT2D eigenvalue weighted by molar-refractivity contribution is 5.72. The predicted octanol–water partition coefficient (Wildman–Crippen LogP) is 7.28. The number of aliphatic carboxylic acids is 1. The Morgan fingerprint density at radius 2 is 1.53 bits per heavy atom. The second-order valence-electron chi connectivity index (χ2n) is 9.68. The Bertz CT molecular complexity index is 1360. The number of pyridine rings is 1. The second-order valence-corrected chi connectivity index (χ2v) is 9.68. The molecule has 4 aromatic rings. The van der Waals surface area contributed by atoms with Crippen molar-refractivity contribution < 1.29 is 19.4 Å². The van der Waals surface area contributed by atoms with Crippen LogP contribution in [0.2, 0.25) is 0 Å². The summed E-state index contributed by atoms with van der Waals surface area (Å²) in [6, 6.07) is 26.4. The molecule has 196 valence electrons. The number of ether oxygens (including phenoxy) is 2. The van der Waals surface area contributed by atoms with Gasteiger partial charge in [0.25, 0.3) is 0 Å². The first kappa shape index (κ1) is 26.9. The highest BCUT2D eigenvalue weighted by Crippen LogP contribution is 2.32. The fourth-order valence-corrected chi connectivity index (χ4v) is 4.63.